The summed E-state index contributed by atoms with van der Waals surface area (Å²) in [4.78, 5) is 36.4. The number of nitrogens with two attached hydrogens (primary N) is 1. The first kappa shape index (κ1) is 15.5. The fourth-order valence-corrected chi connectivity index (χ4v) is 3.57. The number of hydrazone groups is 1. The van der Waals surface area contributed by atoms with E-state index in [-0.39, 0.29) is 16.4 Å². The quantitative estimate of drug-likeness (QED) is 0.820. The first-order valence-corrected chi connectivity index (χ1v) is 7.94. The monoisotopic (exact) mass is 332 g/mol. The van der Waals surface area contributed by atoms with Crippen LogP contribution >= 0.6 is 11.8 Å². The van der Waals surface area contributed by atoms with Crippen LogP contribution in [0.25, 0.3) is 0 Å². The Labute approximate surface area is 137 Å². The minimum absolute atomic E-state index is 0.103. The molecule has 0 aliphatic carbocycles. The van der Waals surface area contributed by atoms with Gasteiger partial charge >= 0.3 is 6.03 Å². The highest BCUT2D eigenvalue weighted by Crippen LogP contribution is 2.42. The van der Waals surface area contributed by atoms with E-state index in [1.165, 1.54) is 0 Å². The average Bonchev–Trinajstić information content (AvgIpc) is 2.66. The maximum atomic E-state index is 12.5. The minimum atomic E-state index is -0.852. The van der Waals surface area contributed by atoms with Crippen molar-refractivity contribution in [1.82, 2.24) is 5.43 Å². The number of amides is 4. The predicted octanol–water partition coefficient (Wildman–Crippen LogP) is 1.94. The number of anilines is 1. The Bertz CT molecular complexity index is 772. The normalized spacial score (nSPS) is 22.5. The molecule has 23 heavy (non-hydrogen) atoms. The fourth-order valence-electron chi connectivity index (χ4n) is 2.85. The molecule has 1 aromatic carbocycles. The lowest BCUT2D eigenvalue weighted by atomic mass is 9.85. The van der Waals surface area contributed by atoms with Gasteiger partial charge < -0.3 is 5.73 Å². The number of fused-ring (bicyclic) bond motifs is 1. The molecule has 0 saturated heterocycles. The van der Waals surface area contributed by atoms with Gasteiger partial charge in [-0.2, -0.15) is 5.10 Å². The largest absolute Gasteiger partial charge is 0.351 e. The number of nitrogens with one attached hydrogen (secondary N) is 1. The average molecular weight is 332 g/mol. The van der Waals surface area contributed by atoms with Gasteiger partial charge in [-0.05, 0) is 44.0 Å². The van der Waals surface area contributed by atoms with Crippen molar-refractivity contribution in [2.24, 2.45) is 10.8 Å². The van der Waals surface area contributed by atoms with Crippen molar-refractivity contribution < 1.29 is 14.4 Å². The van der Waals surface area contributed by atoms with Gasteiger partial charge in [0, 0.05) is 0 Å². The first-order chi connectivity index (χ1) is 10.7. The molecule has 0 radical (unpaired) electrons. The van der Waals surface area contributed by atoms with E-state index in [4.69, 9.17) is 5.73 Å². The Hall–Kier alpha value is -2.35. The van der Waals surface area contributed by atoms with E-state index in [0.717, 1.165) is 33.5 Å². The molecule has 8 heteroatoms. The molecule has 1 unspecified atom stereocenters. The predicted molar refractivity (Wildman–Crippen MR) is 88.7 cm³/mol. The number of imide groups is 1. The van der Waals surface area contributed by atoms with Crippen molar-refractivity contribution in [2.75, 3.05) is 4.90 Å². The van der Waals surface area contributed by atoms with Crippen LogP contribution < -0.4 is 16.1 Å². The number of thioether (sulfide) groups is 1. The zero-order chi connectivity index (χ0) is 16.9. The third-order valence-corrected chi connectivity index (χ3v) is 4.98. The lowest BCUT2D eigenvalue weighted by Gasteiger charge is -2.20. The Morgan fingerprint density at radius 1 is 1.39 bits per heavy atom. The third kappa shape index (κ3) is 2.29. The summed E-state index contributed by atoms with van der Waals surface area (Å²) in [5, 5.41) is 3.82. The molecule has 2 heterocycles. The molecule has 0 fully saturated rings. The van der Waals surface area contributed by atoms with Crippen molar-refractivity contribution in [2.45, 2.75) is 31.4 Å². The summed E-state index contributed by atoms with van der Waals surface area (Å²) in [5.74, 6) is -0.349. The molecule has 1 aromatic rings. The van der Waals surface area contributed by atoms with Crippen LogP contribution in [0.4, 0.5) is 15.3 Å². The summed E-state index contributed by atoms with van der Waals surface area (Å²) in [5.41, 5.74) is 9.67. The summed E-state index contributed by atoms with van der Waals surface area (Å²) in [6.45, 7) is 5.40. The molecule has 7 nitrogen and oxygen atoms in total. The van der Waals surface area contributed by atoms with Gasteiger partial charge in [0.25, 0.3) is 5.24 Å². The van der Waals surface area contributed by atoms with Crippen LogP contribution in [0.5, 0.6) is 0 Å². The topological polar surface area (TPSA) is 105 Å². The van der Waals surface area contributed by atoms with Gasteiger partial charge in [0.15, 0.2) is 0 Å². The summed E-state index contributed by atoms with van der Waals surface area (Å²) in [6.07, 6.45) is 0. The van der Waals surface area contributed by atoms with Crippen molar-refractivity contribution in [3.8, 4) is 0 Å². The van der Waals surface area contributed by atoms with E-state index in [0.29, 0.717) is 5.69 Å². The highest BCUT2D eigenvalue weighted by atomic mass is 32.2. The van der Waals surface area contributed by atoms with Gasteiger partial charge in [-0.1, -0.05) is 17.8 Å². The van der Waals surface area contributed by atoms with Crippen LogP contribution in [0.1, 0.15) is 31.9 Å². The van der Waals surface area contributed by atoms with Crippen molar-refractivity contribution >= 4 is 40.3 Å². The Balaban J connectivity index is 2.10. The number of hydrogen-bond acceptors (Lipinski definition) is 5. The number of nitrogens with zero attached hydrogens (tertiary/aromatic N) is 2. The zero-order valence-corrected chi connectivity index (χ0v) is 13.7. The summed E-state index contributed by atoms with van der Waals surface area (Å²) in [7, 11) is 0. The summed E-state index contributed by atoms with van der Waals surface area (Å²) in [6, 6.07) is 4.51. The van der Waals surface area contributed by atoms with Crippen molar-refractivity contribution in [3.63, 3.8) is 0 Å². The van der Waals surface area contributed by atoms with Crippen LogP contribution in [0.3, 0.4) is 0 Å². The van der Waals surface area contributed by atoms with Crippen LogP contribution in [0.2, 0.25) is 0 Å². The fraction of sp³-hybridized carbons (Fsp3) is 0.333. The van der Waals surface area contributed by atoms with Gasteiger partial charge in [0.2, 0.25) is 5.91 Å². The summed E-state index contributed by atoms with van der Waals surface area (Å²) < 4.78 is 0. The molecule has 120 valence electrons. The second-order valence-electron chi connectivity index (χ2n) is 5.99. The highest BCUT2D eigenvalue weighted by Gasteiger charge is 2.46. The number of hydrogen-bond donors (Lipinski definition) is 2. The molecule has 3 N–H and O–H groups in total. The molecular formula is C15H16N4O3S. The van der Waals surface area contributed by atoms with Gasteiger partial charge in [-0.3, -0.25) is 9.59 Å². The number of carbonyl (C=O) groups excluding carboxylic acids is 3. The van der Waals surface area contributed by atoms with Crippen LogP contribution in [0, 0.1) is 0 Å². The van der Waals surface area contributed by atoms with Crippen molar-refractivity contribution in [3.05, 3.63) is 29.3 Å². The molecule has 3 rings (SSSR count). The molecule has 0 aromatic heterocycles. The van der Waals surface area contributed by atoms with Crippen molar-refractivity contribution in [1.29, 1.82) is 0 Å². The molecule has 2 aliphatic heterocycles. The van der Waals surface area contributed by atoms with Gasteiger partial charge in [-0.15, -0.1) is 0 Å². The SMILES string of the molecule is CC1SC(=O)NN=C1c1ccc2c(c1)C(C)(C)C(=O)N2C(N)=O. The zero-order valence-electron chi connectivity index (χ0n) is 12.9. The standard InChI is InChI=1S/C15H16N4O3S/c1-7-11(17-18-14(22)23-7)8-4-5-10-9(6-8)15(2,3)12(20)19(10)13(16)21/h4-7H,1-3H3,(H2,16,21)(H,18,22). The molecule has 2 aliphatic rings. The molecule has 4 amide bonds. The third-order valence-electron chi connectivity index (χ3n) is 4.10. The van der Waals surface area contributed by atoms with Crippen LogP contribution in [-0.4, -0.2) is 28.1 Å². The smallest absolute Gasteiger partial charge is 0.326 e. The Morgan fingerprint density at radius 2 is 2.09 bits per heavy atom. The second-order valence-corrected chi connectivity index (χ2v) is 7.31. The first-order valence-electron chi connectivity index (χ1n) is 7.06. The number of carbonyl (C=O) groups is 3. The molecule has 1 atom stereocenters. The highest BCUT2D eigenvalue weighted by molar-refractivity contribution is 8.14. The van der Waals surface area contributed by atoms with E-state index in [2.05, 4.69) is 10.5 Å². The van der Waals surface area contributed by atoms with Crippen LogP contribution in [0.15, 0.2) is 23.3 Å². The van der Waals surface area contributed by atoms with Gasteiger partial charge in [0.1, 0.15) is 0 Å². The number of primary amides is 1. The van der Waals surface area contributed by atoms with E-state index >= 15 is 0 Å². The number of urea groups is 1. The van der Waals surface area contributed by atoms with E-state index in [1.54, 1.807) is 26.0 Å². The number of rotatable bonds is 1. The second kappa shape index (κ2) is 5.09. The van der Waals surface area contributed by atoms with E-state index in [9.17, 15) is 14.4 Å². The molecule has 0 saturated carbocycles. The van der Waals surface area contributed by atoms with E-state index in [1.807, 2.05) is 13.0 Å². The molecule has 0 bridgehead atoms. The van der Waals surface area contributed by atoms with Gasteiger partial charge in [-0.25, -0.2) is 15.1 Å². The maximum absolute atomic E-state index is 12.5. The lowest BCUT2D eigenvalue weighted by molar-refractivity contribution is -0.121. The molecular weight excluding hydrogens is 316 g/mol. The lowest BCUT2D eigenvalue weighted by Crippen LogP contribution is -2.43. The minimum Gasteiger partial charge on any atom is -0.351 e. The maximum Gasteiger partial charge on any atom is 0.326 e. The Kier molecular flexibility index (Phi) is 3.44. The van der Waals surface area contributed by atoms with E-state index < -0.39 is 11.4 Å². The molecule has 0 spiro atoms. The summed E-state index contributed by atoms with van der Waals surface area (Å²) >= 11 is 1.15. The Morgan fingerprint density at radius 3 is 2.70 bits per heavy atom. The van der Waals surface area contributed by atoms with Gasteiger partial charge in [0.05, 0.1) is 22.1 Å². The van der Waals surface area contributed by atoms with Crippen LogP contribution in [-0.2, 0) is 10.2 Å². The number of benzene rings is 1.